The number of carbonyl (C=O) groups is 1. The zero-order valence-corrected chi connectivity index (χ0v) is 23.6. The van der Waals surface area contributed by atoms with Crippen LogP contribution < -0.4 is 21.1 Å². The molecule has 1 saturated heterocycles. The fourth-order valence-corrected chi connectivity index (χ4v) is 6.42. The van der Waals surface area contributed by atoms with E-state index in [1.165, 1.54) is 12.8 Å². The number of carbonyl (C=O) groups excluding carboxylic acids is 1. The molecule has 208 valence electrons. The van der Waals surface area contributed by atoms with Crippen molar-refractivity contribution in [1.82, 2.24) is 25.2 Å². The van der Waals surface area contributed by atoms with Crippen LogP contribution in [0.2, 0.25) is 0 Å². The summed E-state index contributed by atoms with van der Waals surface area (Å²) in [4.78, 5) is 36.3. The highest BCUT2D eigenvalue weighted by Gasteiger charge is 2.24. The third-order valence-corrected chi connectivity index (χ3v) is 8.53. The van der Waals surface area contributed by atoms with Gasteiger partial charge in [-0.15, -0.1) is 0 Å². The Labute approximate surface area is 234 Å². The molecule has 40 heavy (non-hydrogen) atoms. The summed E-state index contributed by atoms with van der Waals surface area (Å²) in [5.41, 5.74) is 6.88. The molecular formula is C32H38N6O2. The minimum Gasteiger partial charge on any atom is -0.354 e. The number of benzene rings is 1. The van der Waals surface area contributed by atoms with Gasteiger partial charge in [0.1, 0.15) is 5.82 Å². The molecule has 0 atom stereocenters. The second-order valence-electron chi connectivity index (χ2n) is 11.3. The third-order valence-electron chi connectivity index (χ3n) is 8.53. The Bertz CT molecular complexity index is 1610. The molecule has 6 rings (SSSR count). The molecule has 2 aliphatic rings. The lowest BCUT2D eigenvalue weighted by Crippen LogP contribution is -2.43. The molecule has 0 spiro atoms. The molecule has 3 aromatic heterocycles. The number of nitrogens with one attached hydrogen (secondary N) is 3. The number of nitrogens with zero attached hydrogens (tertiary/aromatic N) is 3. The number of hydrogen-bond acceptors (Lipinski definition) is 5. The van der Waals surface area contributed by atoms with Crippen LogP contribution in [0.1, 0.15) is 64.5 Å². The normalized spacial score (nSPS) is 16.1. The maximum atomic E-state index is 13.8. The van der Waals surface area contributed by atoms with E-state index in [1.807, 2.05) is 32.2 Å². The summed E-state index contributed by atoms with van der Waals surface area (Å²) in [7, 11) is 0. The number of aromatic amines is 1. The number of amides is 1. The monoisotopic (exact) mass is 538 g/mol. The number of aryl methyl sites for hydroxylation is 3. The van der Waals surface area contributed by atoms with E-state index in [0.717, 1.165) is 83.7 Å². The molecule has 1 aliphatic heterocycles. The molecule has 4 heterocycles. The third kappa shape index (κ3) is 5.04. The van der Waals surface area contributed by atoms with Crippen molar-refractivity contribution >= 4 is 22.6 Å². The number of piperazine rings is 1. The number of fused-ring (bicyclic) bond motifs is 1. The highest BCUT2D eigenvalue weighted by Crippen LogP contribution is 2.37. The molecule has 4 aromatic rings. The van der Waals surface area contributed by atoms with E-state index in [-0.39, 0.29) is 18.0 Å². The van der Waals surface area contributed by atoms with Gasteiger partial charge in [-0.25, -0.2) is 4.98 Å². The van der Waals surface area contributed by atoms with Crippen LogP contribution in [-0.4, -0.2) is 46.6 Å². The lowest BCUT2D eigenvalue weighted by atomic mass is 9.98. The second kappa shape index (κ2) is 10.9. The summed E-state index contributed by atoms with van der Waals surface area (Å²) in [6, 6.07) is 10.8. The van der Waals surface area contributed by atoms with Gasteiger partial charge in [0.2, 0.25) is 0 Å². The second-order valence-corrected chi connectivity index (χ2v) is 11.3. The Morgan fingerprint density at radius 2 is 1.80 bits per heavy atom. The number of rotatable bonds is 6. The van der Waals surface area contributed by atoms with E-state index in [2.05, 4.69) is 56.4 Å². The van der Waals surface area contributed by atoms with Gasteiger partial charge in [0.15, 0.2) is 0 Å². The summed E-state index contributed by atoms with van der Waals surface area (Å²) < 4.78 is 2.38. The Balaban J connectivity index is 1.39. The van der Waals surface area contributed by atoms with Gasteiger partial charge in [0.05, 0.1) is 0 Å². The summed E-state index contributed by atoms with van der Waals surface area (Å²) in [5.74, 6) is 0.803. The van der Waals surface area contributed by atoms with Crippen LogP contribution in [0.5, 0.6) is 0 Å². The average molecular weight is 539 g/mol. The molecule has 0 bridgehead atoms. The minimum atomic E-state index is -0.177. The first kappa shape index (κ1) is 26.3. The summed E-state index contributed by atoms with van der Waals surface area (Å²) in [6.45, 7) is 9.85. The van der Waals surface area contributed by atoms with Crippen molar-refractivity contribution in [3.05, 3.63) is 81.0 Å². The van der Waals surface area contributed by atoms with Gasteiger partial charge in [-0.3, -0.25) is 9.59 Å². The SMILES string of the molecule is Cc1cc(C)c(CNC(=O)c2cc(-c3ccc(N4CCNCC4)nc3)cc3c2c(C)cn3C2CCCC2)c(=O)[nH]1. The molecule has 1 aliphatic carbocycles. The topological polar surface area (TPSA) is 95.1 Å². The van der Waals surface area contributed by atoms with Gasteiger partial charge in [0.25, 0.3) is 11.5 Å². The van der Waals surface area contributed by atoms with Crippen LogP contribution in [0.4, 0.5) is 5.82 Å². The van der Waals surface area contributed by atoms with E-state index in [0.29, 0.717) is 17.2 Å². The van der Waals surface area contributed by atoms with Crippen LogP contribution in [-0.2, 0) is 6.54 Å². The lowest BCUT2D eigenvalue weighted by Gasteiger charge is -2.28. The largest absolute Gasteiger partial charge is 0.354 e. The fourth-order valence-electron chi connectivity index (χ4n) is 6.42. The Hall–Kier alpha value is -3.91. The number of pyridine rings is 2. The Morgan fingerprint density at radius 3 is 2.50 bits per heavy atom. The van der Waals surface area contributed by atoms with E-state index in [1.54, 1.807) is 0 Å². The predicted octanol–water partition coefficient (Wildman–Crippen LogP) is 4.77. The van der Waals surface area contributed by atoms with Gasteiger partial charge < -0.3 is 25.1 Å². The van der Waals surface area contributed by atoms with Crippen molar-refractivity contribution in [2.24, 2.45) is 0 Å². The van der Waals surface area contributed by atoms with Crippen LogP contribution in [0.3, 0.4) is 0 Å². The fraction of sp³-hybridized carbons (Fsp3) is 0.406. The van der Waals surface area contributed by atoms with Gasteiger partial charge in [-0.1, -0.05) is 12.8 Å². The molecule has 1 aromatic carbocycles. The van der Waals surface area contributed by atoms with Crippen molar-refractivity contribution in [1.29, 1.82) is 0 Å². The molecule has 1 saturated carbocycles. The molecule has 8 heteroatoms. The first-order valence-corrected chi connectivity index (χ1v) is 14.4. The Kier molecular flexibility index (Phi) is 7.19. The molecule has 1 amide bonds. The maximum Gasteiger partial charge on any atom is 0.253 e. The number of hydrogen-bond donors (Lipinski definition) is 3. The number of anilines is 1. The summed E-state index contributed by atoms with van der Waals surface area (Å²) in [6.07, 6.45) is 8.92. The number of H-pyrrole nitrogens is 1. The maximum absolute atomic E-state index is 13.8. The van der Waals surface area contributed by atoms with E-state index in [4.69, 9.17) is 4.98 Å². The minimum absolute atomic E-state index is 0.157. The van der Waals surface area contributed by atoms with Crippen molar-refractivity contribution in [3.63, 3.8) is 0 Å². The summed E-state index contributed by atoms with van der Waals surface area (Å²) in [5, 5.41) is 7.41. The van der Waals surface area contributed by atoms with Crippen molar-refractivity contribution in [2.45, 2.75) is 59.0 Å². The first-order valence-electron chi connectivity index (χ1n) is 14.4. The zero-order valence-electron chi connectivity index (χ0n) is 23.6. The van der Waals surface area contributed by atoms with Crippen molar-refractivity contribution in [3.8, 4) is 11.1 Å². The molecule has 0 radical (unpaired) electrons. The van der Waals surface area contributed by atoms with Crippen molar-refractivity contribution < 1.29 is 4.79 Å². The highest BCUT2D eigenvalue weighted by atomic mass is 16.1. The smallest absolute Gasteiger partial charge is 0.253 e. The van der Waals surface area contributed by atoms with Gasteiger partial charge in [-0.2, -0.15) is 0 Å². The highest BCUT2D eigenvalue weighted by molar-refractivity contribution is 6.09. The van der Waals surface area contributed by atoms with E-state index < -0.39 is 0 Å². The quantitative estimate of drug-likeness (QED) is 0.329. The standard InChI is InChI=1S/C32H38N6O2/c1-20-14-22(3)36-32(40)27(20)18-35-31(39)26-15-24(23-8-9-29(34-17-23)37-12-10-33-11-13-37)16-28-30(26)21(2)19-38(28)25-6-4-5-7-25/h8-9,14-17,19,25,33H,4-7,10-13,18H2,1-3H3,(H,35,39)(H,36,40). The molecule has 2 fully saturated rings. The first-order chi connectivity index (χ1) is 19.4. The van der Waals surface area contributed by atoms with Crippen LogP contribution in [0.25, 0.3) is 22.0 Å². The average Bonchev–Trinajstić information content (AvgIpc) is 3.61. The van der Waals surface area contributed by atoms with E-state index >= 15 is 0 Å². The van der Waals surface area contributed by atoms with Crippen LogP contribution in [0, 0.1) is 20.8 Å². The van der Waals surface area contributed by atoms with Gasteiger partial charge in [0, 0.05) is 84.4 Å². The molecule has 3 N–H and O–H groups in total. The number of aromatic nitrogens is 3. The lowest BCUT2D eigenvalue weighted by molar-refractivity contribution is 0.0952. The van der Waals surface area contributed by atoms with Crippen LogP contribution in [0.15, 0.2) is 47.5 Å². The molecule has 0 unspecified atom stereocenters. The predicted molar refractivity (Wildman–Crippen MR) is 160 cm³/mol. The van der Waals surface area contributed by atoms with Gasteiger partial charge in [-0.05, 0) is 80.6 Å². The van der Waals surface area contributed by atoms with E-state index in [9.17, 15) is 9.59 Å². The molecular weight excluding hydrogens is 500 g/mol. The summed E-state index contributed by atoms with van der Waals surface area (Å²) >= 11 is 0. The zero-order chi connectivity index (χ0) is 27.8. The molecule has 8 nitrogen and oxygen atoms in total. The van der Waals surface area contributed by atoms with Gasteiger partial charge >= 0.3 is 0 Å². The Morgan fingerprint density at radius 1 is 1.02 bits per heavy atom. The van der Waals surface area contributed by atoms with Crippen molar-refractivity contribution in [2.75, 3.05) is 31.1 Å². The van der Waals surface area contributed by atoms with Crippen LogP contribution >= 0.6 is 0 Å².